The normalized spacial score (nSPS) is 18.8. The van der Waals surface area contributed by atoms with Gasteiger partial charge in [-0.3, -0.25) is 81.5 Å². The van der Waals surface area contributed by atoms with E-state index in [4.69, 9.17) is 43.9 Å². The van der Waals surface area contributed by atoms with Crippen LogP contribution in [0.5, 0.6) is 5.75 Å². The second-order valence-corrected chi connectivity index (χ2v) is 29.3. The van der Waals surface area contributed by atoms with E-state index in [1.807, 2.05) is 0 Å². The number of hydrogen-bond acceptors (Lipinski definition) is 24. The number of primary amides is 3. The molecule has 1 fully saturated rings. The highest BCUT2D eigenvalue weighted by Crippen LogP contribution is 2.23. The second kappa shape index (κ2) is 49.2. The first-order chi connectivity index (χ1) is 55.6. The van der Waals surface area contributed by atoms with Crippen LogP contribution in [0.3, 0.4) is 0 Å². The number of hydrogen-bond donors (Lipinski definition) is 21. The molecule has 117 heavy (non-hydrogen) atoms. The summed E-state index contributed by atoms with van der Waals surface area (Å²) in [5.74, 6) is -17.0. The van der Waals surface area contributed by atoms with Crippen molar-refractivity contribution in [2.45, 2.75) is 196 Å². The summed E-state index contributed by atoms with van der Waals surface area (Å²) >= 11 is 0.923. The lowest BCUT2D eigenvalue weighted by Crippen LogP contribution is -2.64. The predicted octanol–water partition coefficient (Wildman–Crippen LogP) is -5.79. The molecule has 40 nitrogen and oxygen atoms in total. The van der Waals surface area contributed by atoms with Crippen LogP contribution < -0.4 is 108 Å². The number of H-pyrrole nitrogens is 1. The maximum atomic E-state index is 15.6. The Morgan fingerprint density at radius 2 is 1.26 bits per heavy atom. The number of thioether (sulfide) groups is 1. The van der Waals surface area contributed by atoms with Crippen LogP contribution in [0.25, 0.3) is 10.9 Å². The van der Waals surface area contributed by atoms with E-state index in [-0.39, 0.29) is 95.9 Å². The van der Waals surface area contributed by atoms with E-state index in [9.17, 15) is 62.6 Å². The second-order valence-electron chi connectivity index (χ2n) is 28.2. The summed E-state index contributed by atoms with van der Waals surface area (Å²) in [6.45, 7) is 3.82. The number of ether oxygens (including phenoxy) is 2. The van der Waals surface area contributed by atoms with E-state index in [0.717, 1.165) is 25.6 Å². The Balaban J connectivity index is 1.64. The third kappa shape index (κ3) is 33.5. The predicted molar refractivity (Wildman–Crippen MR) is 426 cm³/mol. The highest BCUT2D eigenvalue weighted by atomic mass is 32.2. The van der Waals surface area contributed by atoms with Gasteiger partial charge in [-0.1, -0.05) is 60.7 Å². The third-order valence-corrected chi connectivity index (χ3v) is 19.5. The van der Waals surface area contributed by atoms with Crippen LogP contribution >= 0.6 is 11.8 Å². The number of esters is 1. The number of aliphatic hydroxyl groups excluding tert-OH is 1. The Morgan fingerprint density at radius 1 is 0.615 bits per heavy atom. The monoisotopic (exact) mass is 1650 g/mol. The standard InChI is InChI=1S/C76H110N20O20S/c1-42(97)64-74(113)91-56(35-47-38-84-50-17-9-8-16-49(47)50)70(109)87-52(23-25-60(80)100)67(106)93-59(41-117-33-27-54(86-44(3)99)68(107)92-58(37-79)71(110)95-64)72(111)89-55(34-45-19-21-48(22-20-45)115-32-30-78)69(108)88-53(24-26-63(103)116-40-46-14-6-5-7-15-46)73(112)96-76(4,28-11-12-29-77)75(114)94-51(18-10-13-31-83-43(2)98)66(105)90-57(36-61(81)101)65(104)85-39-62(82)102/h5-9,14-17,19-22,38,42,51-59,64,84,97H,10-13,18,23-37,39-41,77-79H2,1-4H3,(H2,80,100)(H2,81,101)(H2,82,102)(H,83,98)(H,85,104)(H,86,99)(H,87,109)(H,88,108)(H,89,111)(H,90,105)(H,91,113)(H,92,107)(H,93,106)(H,94,114)(H,95,110)(H,96,112)/t42-,51+,52+,53+,54+,55+,56+,57+,58+,59+,64+,76+/m1/s1. The molecule has 0 spiro atoms. The fourth-order valence-electron chi connectivity index (χ4n) is 12.1. The van der Waals surface area contributed by atoms with Gasteiger partial charge >= 0.3 is 5.97 Å². The van der Waals surface area contributed by atoms with Crippen LogP contribution in [-0.4, -0.2) is 233 Å². The summed E-state index contributed by atoms with van der Waals surface area (Å²) < 4.78 is 11.3. The van der Waals surface area contributed by atoms with Crippen molar-refractivity contribution in [2.24, 2.45) is 34.4 Å². The van der Waals surface area contributed by atoms with Crippen LogP contribution in [-0.2, 0) is 106 Å². The molecule has 3 aromatic carbocycles. The molecule has 0 radical (unpaired) electrons. The molecule has 4 aromatic rings. The quantitative estimate of drug-likeness (QED) is 0.0145. The Labute approximate surface area is 679 Å². The molecule has 0 bridgehead atoms. The minimum Gasteiger partial charge on any atom is -0.492 e. The lowest BCUT2D eigenvalue weighted by molar-refractivity contribution is -0.146. The summed E-state index contributed by atoms with van der Waals surface area (Å²) in [4.78, 5) is 239. The minimum absolute atomic E-state index is 0.0943. The average Bonchev–Trinajstić information content (AvgIpc) is 1.81. The summed E-state index contributed by atoms with van der Waals surface area (Å²) in [7, 11) is 0. The molecular weight excluding hydrogens is 1550 g/mol. The number of aromatic nitrogens is 1. The molecule has 640 valence electrons. The zero-order chi connectivity index (χ0) is 86.3. The van der Waals surface area contributed by atoms with E-state index in [0.29, 0.717) is 33.3 Å². The number of rotatable bonds is 42. The first-order valence-electron chi connectivity index (χ1n) is 38.2. The van der Waals surface area contributed by atoms with Gasteiger partial charge in [0.25, 0.3) is 0 Å². The number of aromatic amines is 1. The van der Waals surface area contributed by atoms with Crippen molar-refractivity contribution in [1.29, 1.82) is 0 Å². The molecular formula is C76H110N20O20S. The molecule has 12 atom stereocenters. The van der Waals surface area contributed by atoms with Gasteiger partial charge in [0.05, 0.1) is 19.1 Å². The van der Waals surface area contributed by atoms with Gasteiger partial charge < -0.3 is 123 Å². The van der Waals surface area contributed by atoms with Crippen LogP contribution in [0.2, 0.25) is 0 Å². The molecule has 5 rings (SSSR count). The van der Waals surface area contributed by atoms with Crippen molar-refractivity contribution in [3.8, 4) is 5.75 Å². The zero-order valence-corrected chi connectivity index (χ0v) is 66.6. The van der Waals surface area contributed by atoms with Gasteiger partial charge in [-0.25, -0.2) is 0 Å². The molecule has 41 heteroatoms. The number of fused-ring (bicyclic) bond motifs is 1. The van der Waals surface area contributed by atoms with E-state index in [2.05, 4.69) is 74.1 Å². The Hall–Kier alpha value is -11.8. The average molecular weight is 1660 g/mol. The van der Waals surface area contributed by atoms with Gasteiger partial charge in [-0.15, -0.1) is 0 Å². The number of aliphatic hydroxyl groups is 1. The molecule has 0 saturated carbocycles. The van der Waals surface area contributed by atoms with Gasteiger partial charge in [0.15, 0.2) is 0 Å². The first kappa shape index (κ1) is 95.8. The van der Waals surface area contributed by atoms with E-state index in [1.165, 1.54) is 38.1 Å². The van der Waals surface area contributed by atoms with Crippen molar-refractivity contribution in [2.75, 3.05) is 50.8 Å². The van der Waals surface area contributed by atoms with Gasteiger partial charge in [0, 0.05) is 82.0 Å². The number of nitrogens with two attached hydrogens (primary N) is 6. The maximum absolute atomic E-state index is 15.6. The molecule has 16 amide bonds. The van der Waals surface area contributed by atoms with Crippen LogP contribution in [0, 0.1) is 0 Å². The fraction of sp³-hybridized carbons (Fsp3) is 0.513. The van der Waals surface area contributed by atoms with Crippen LogP contribution in [0.15, 0.2) is 85.1 Å². The molecule has 1 aliphatic rings. The highest BCUT2D eigenvalue weighted by molar-refractivity contribution is 7.99. The SMILES string of the molecule is CC(=O)NCCCC[C@H](NC(=O)[C@](C)(CCCCN)NC(=O)[C@H](CCC(=O)OCc1ccccc1)NC(=O)[C@H](Cc1ccc(OCCN)cc1)NC(=O)[C@@H]1CSCC[C@H](NC(C)=O)C(=O)N[C@@H](CN)C(=O)N[C@@H]([C@@H](C)O)C(=O)N[C@@H](Cc2c[nH]c3ccccc23)C(=O)N[C@@H](CCC(N)=O)C(=O)N1)C(=O)N[C@@H](CC(N)=O)C(=O)NCC(N)=O. The number of benzene rings is 3. The summed E-state index contributed by atoms with van der Waals surface area (Å²) in [5.41, 5.74) is 33.9. The molecule has 0 aliphatic carbocycles. The fourth-order valence-corrected chi connectivity index (χ4v) is 13.1. The van der Waals surface area contributed by atoms with Crippen LogP contribution in [0.1, 0.15) is 121 Å². The number of para-hydroxylation sites is 1. The summed E-state index contributed by atoms with van der Waals surface area (Å²) in [6.07, 6.45) is -3.79. The molecule has 1 aliphatic heterocycles. The molecule has 1 saturated heterocycles. The number of unbranched alkanes of at least 4 members (excludes halogenated alkanes) is 2. The minimum atomic E-state index is -2.07. The van der Waals surface area contributed by atoms with E-state index >= 15 is 24.0 Å². The maximum Gasteiger partial charge on any atom is 0.306 e. The number of amides is 16. The van der Waals surface area contributed by atoms with Crippen LogP contribution in [0.4, 0.5) is 0 Å². The van der Waals surface area contributed by atoms with Crippen molar-refractivity contribution in [3.63, 3.8) is 0 Å². The molecule has 1 aromatic heterocycles. The Kier molecular flexibility index (Phi) is 40.3. The lowest BCUT2D eigenvalue weighted by Gasteiger charge is -2.34. The van der Waals surface area contributed by atoms with Gasteiger partial charge in [-0.2, -0.15) is 11.8 Å². The number of carbonyl (C=O) groups excluding carboxylic acids is 17. The van der Waals surface area contributed by atoms with Gasteiger partial charge in [0.2, 0.25) is 94.5 Å². The topological polar surface area (TPSA) is 657 Å². The Bertz CT molecular complexity index is 4100. The lowest BCUT2D eigenvalue weighted by atomic mass is 9.91. The smallest absolute Gasteiger partial charge is 0.306 e. The first-order valence-corrected chi connectivity index (χ1v) is 39.3. The van der Waals surface area contributed by atoms with Gasteiger partial charge in [0.1, 0.15) is 84.9 Å². The zero-order valence-electron chi connectivity index (χ0n) is 65.8. The van der Waals surface area contributed by atoms with Crippen molar-refractivity contribution >= 4 is 123 Å². The van der Waals surface area contributed by atoms with Gasteiger partial charge in [-0.05, 0) is 119 Å². The van der Waals surface area contributed by atoms with E-state index in [1.54, 1.807) is 60.8 Å². The summed E-state index contributed by atoms with van der Waals surface area (Å²) in [6, 6.07) is 4.60. The molecule has 2 heterocycles. The molecule has 0 unspecified atom stereocenters. The number of nitrogens with one attached hydrogen (secondary N) is 14. The van der Waals surface area contributed by atoms with Crippen molar-refractivity contribution in [1.82, 2.24) is 74.1 Å². The Morgan fingerprint density at radius 3 is 1.91 bits per heavy atom. The largest absolute Gasteiger partial charge is 0.492 e. The highest BCUT2D eigenvalue weighted by Gasteiger charge is 2.42. The molecule has 27 N–H and O–H groups in total. The number of carbonyl (C=O) groups is 17. The van der Waals surface area contributed by atoms with E-state index < -0.39 is 224 Å². The summed E-state index contributed by atoms with van der Waals surface area (Å²) in [5, 5.41) is 44.5. The van der Waals surface area contributed by atoms with Crippen molar-refractivity contribution in [3.05, 3.63) is 102 Å². The third-order valence-electron chi connectivity index (χ3n) is 18.5. The van der Waals surface area contributed by atoms with Crippen molar-refractivity contribution < 1.29 is 96.1 Å².